The molecule has 78 valence electrons. The zero-order valence-electron chi connectivity index (χ0n) is 7.91. The van der Waals surface area contributed by atoms with E-state index in [4.69, 9.17) is 5.73 Å². The second-order valence-electron chi connectivity index (χ2n) is 3.12. The lowest BCUT2D eigenvalue weighted by atomic mass is 10.2. The average molecular weight is 198 g/mol. The van der Waals surface area contributed by atoms with E-state index in [-0.39, 0.29) is 5.82 Å². The first kappa shape index (κ1) is 10.9. The largest absolute Gasteiger partial charge is 0.391 e. The molecule has 0 heterocycles. The molecule has 4 heteroatoms. The molecule has 1 unspecified atom stereocenters. The molecule has 0 bridgehead atoms. The summed E-state index contributed by atoms with van der Waals surface area (Å²) in [7, 11) is 0. The Bertz CT molecular complexity index is 281. The molecule has 0 aromatic heterocycles. The van der Waals surface area contributed by atoms with Crippen LogP contribution in [-0.2, 0) is 0 Å². The molecule has 1 aromatic carbocycles. The van der Waals surface area contributed by atoms with Gasteiger partial charge in [-0.15, -0.1) is 0 Å². The van der Waals surface area contributed by atoms with Crippen molar-refractivity contribution in [3.63, 3.8) is 0 Å². The maximum Gasteiger partial charge on any atom is 0.125 e. The normalized spacial score (nSPS) is 12.5. The van der Waals surface area contributed by atoms with Crippen LogP contribution in [0.4, 0.5) is 10.1 Å². The third-order valence-corrected chi connectivity index (χ3v) is 1.87. The van der Waals surface area contributed by atoms with E-state index < -0.39 is 6.10 Å². The smallest absolute Gasteiger partial charge is 0.125 e. The van der Waals surface area contributed by atoms with Crippen LogP contribution in [0, 0.1) is 5.82 Å². The van der Waals surface area contributed by atoms with Crippen LogP contribution >= 0.6 is 0 Å². The standard InChI is InChI=1S/C10H15FN2O/c11-8-2-1-3-9(6-8)13-7-10(14)4-5-12/h1-3,6,10,13-14H,4-5,7,12H2. The second kappa shape index (κ2) is 5.57. The molecule has 3 nitrogen and oxygen atoms in total. The maximum atomic E-state index is 12.7. The third-order valence-electron chi connectivity index (χ3n) is 1.87. The molecule has 1 aromatic rings. The van der Waals surface area contributed by atoms with E-state index in [9.17, 15) is 9.50 Å². The van der Waals surface area contributed by atoms with Gasteiger partial charge >= 0.3 is 0 Å². The van der Waals surface area contributed by atoms with E-state index >= 15 is 0 Å². The Morgan fingerprint density at radius 3 is 2.93 bits per heavy atom. The highest BCUT2D eigenvalue weighted by Gasteiger charge is 2.02. The Morgan fingerprint density at radius 2 is 2.29 bits per heavy atom. The lowest BCUT2D eigenvalue weighted by molar-refractivity contribution is 0.180. The number of nitrogens with two attached hydrogens (primary N) is 1. The van der Waals surface area contributed by atoms with Crippen LogP contribution in [0.5, 0.6) is 0 Å². The van der Waals surface area contributed by atoms with Crippen molar-refractivity contribution in [2.24, 2.45) is 5.73 Å². The van der Waals surface area contributed by atoms with Crippen molar-refractivity contribution in [2.45, 2.75) is 12.5 Å². The first-order chi connectivity index (χ1) is 6.72. The van der Waals surface area contributed by atoms with Crippen LogP contribution in [0.15, 0.2) is 24.3 Å². The molecule has 1 atom stereocenters. The molecule has 1 rings (SSSR count). The molecule has 0 aliphatic carbocycles. The van der Waals surface area contributed by atoms with Gasteiger partial charge in [-0.3, -0.25) is 0 Å². The zero-order chi connectivity index (χ0) is 10.4. The maximum absolute atomic E-state index is 12.7. The second-order valence-corrected chi connectivity index (χ2v) is 3.12. The Balaban J connectivity index is 2.37. The van der Waals surface area contributed by atoms with Gasteiger partial charge in [0.2, 0.25) is 0 Å². The number of anilines is 1. The molecular formula is C10H15FN2O. The monoisotopic (exact) mass is 198 g/mol. The fraction of sp³-hybridized carbons (Fsp3) is 0.400. The Kier molecular flexibility index (Phi) is 4.35. The van der Waals surface area contributed by atoms with E-state index in [1.807, 2.05) is 0 Å². The van der Waals surface area contributed by atoms with Crippen LogP contribution in [0.2, 0.25) is 0 Å². The highest BCUT2D eigenvalue weighted by Crippen LogP contribution is 2.08. The fourth-order valence-electron chi connectivity index (χ4n) is 1.13. The van der Waals surface area contributed by atoms with Gasteiger partial charge in [0.05, 0.1) is 6.10 Å². The molecule has 0 aliphatic rings. The van der Waals surface area contributed by atoms with Gasteiger partial charge < -0.3 is 16.2 Å². The number of hydrogen-bond acceptors (Lipinski definition) is 3. The van der Waals surface area contributed by atoms with Gasteiger partial charge in [0.1, 0.15) is 5.82 Å². The molecule has 0 saturated carbocycles. The quantitative estimate of drug-likeness (QED) is 0.660. The Hall–Kier alpha value is -1.13. The summed E-state index contributed by atoms with van der Waals surface area (Å²) < 4.78 is 12.7. The van der Waals surface area contributed by atoms with Gasteiger partial charge in [-0.25, -0.2) is 4.39 Å². The summed E-state index contributed by atoms with van der Waals surface area (Å²) in [6.07, 6.45) is 0.0609. The van der Waals surface area contributed by atoms with E-state index in [0.717, 1.165) is 0 Å². The first-order valence-corrected chi connectivity index (χ1v) is 4.60. The number of nitrogens with one attached hydrogen (secondary N) is 1. The predicted octanol–water partition coefficient (Wildman–Crippen LogP) is 0.947. The van der Waals surface area contributed by atoms with Gasteiger partial charge in [0.15, 0.2) is 0 Å². The van der Waals surface area contributed by atoms with Crippen molar-refractivity contribution >= 4 is 5.69 Å². The van der Waals surface area contributed by atoms with Crippen LogP contribution in [0.3, 0.4) is 0 Å². The van der Waals surface area contributed by atoms with Crippen molar-refractivity contribution in [1.29, 1.82) is 0 Å². The van der Waals surface area contributed by atoms with Crippen LogP contribution in [0.1, 0.15) is 6.42 Å². The van der Waals surface area contributed by atoms with Crippen LogP contribution in [-0.4, -0.2) is 24.3 Å². The molecule has 0 aliphatic heterocycles. The minimum absolute atomic E-state index is 0.289. The molecule has 0 spiro atoms. The van der Waals surface area contributed by atoms with Crippen LogP contribution in [0.25, 0.3) is 0 Å². The number of aliphatic hydroxyl groups excluding tert-OH is 1. The summed E-state index contributed by atoms with van der Waals surface area (Å²) in [6.45, 7) is 0.840. The van der Waals surface area contributed by atoms with Crippen molar-refractivity contribution in [3.05, 3.63) is 30.1 Å². The van der Waals surface area contributed by atoms with Crippen molar-refractivity contribution < 1.29 is 9.50 Å². The molecule has 4 N–H and O–H groups in total. The summed E-state index contributed by atoms with van der Waals surface area (Å²) in [6, 6.07) is 6.13. The first-order valence-electron chi connectivity index (χ1n) is 4.60. The van der Waals surface area contributed by atoms with Gasteiger partial charge in [-0.05, 0) is 31.2 Å². The van der Waals surface area contributed by atoms with Crippen molar-refractivity contribution in [2.75, 3.05) is 18.4 Å². The average Bonchev–Trinajstić information content (AvgIpc) is 2.15. The molecule has 14 heavy (non-hydrogen) atoms. The van der Waals surface area contributed by atoms with Gasteiger partial charge in [0.25, 0.3) is 0 Å². The van der Waals surface area contributed by atoms with E-state index in [2.05, 4.69) is 5.32 Å². The molecule has 0 amide bonds. The lowest BCUT2D eigenvalue weighted by Crippen LogP contribution is -2.22. The number of halogens is 1. The van der Waals surface area contributed by atoms with Crippen molar-refractivity contribution in [3.8, 4) is 0 Å². The lowest BCUT2D eigenvalue weighted by Gasteiger charge is -2.11. The minimum Gasteiger partial charge on any atom is -0.391 e. The van der Waals surface area contributed by atoms with Gasteiger partial charge in [-0.2, -0.15) is 0 Å². The summed E-state index contributed by atoms with van der Waals surface area (Å²) in [4.78, 5) is 0. The minimum atomic E-state index is -0.483. The van der Waals surface area contributed by atoms with E-state index in [1.165, 1.54) is 12.1 Å². The SMILES string of the molecule is NCCC(O)CNc1cccc(F)c1. The number of aliphatic hydroxyl groups is 1. The predicted molar refractivity (Wildman–Crippen MR) is 54.6 cm³/mol. The van der Waals surface area contributed by atoms with E-state index in [1.54, 1.807) is 12.1 Å². The van der Waals surface area contributed by atoms with Crippen LogP contribution < -0.4 is 11.1 Å². The molecular weight excluding hydrogens is 183 g/mol. The summed E-state index contributed by atoms with van der Waals surface area (Å²) in [5.74, 6) is -0.289. The van der Waals surface area contributed by atoms with Gasteiger partial charge in [-0.1, -0.05) is 6.07 Å². The highest BCUT2D eigenvalue weighted by molar-refractivity contribution is 5.43. The molecule has 0 saturated heterocycles. The van der Waals surface area contributed by atoms with E-state index in [0.29, 0.717) is 25.2 Å². The zero-order valence-corrected chi connectivity index (χ0v) is 7.91. The molecule has 0 fully saturated rings. The third kappa shape index (κ3) is 3.72. The Labute approximate surface area is 82.7 Å². The molecule has 0 radical (unpaired) electrons. The number of hydrogen-bond donors (Lipinski definition) is 3. The topological polar surface area (TPSA) is 58.3 Å². The summed E-state index contributed by atoms with van der Waals surface area (Å²) in [5, 5.41) is 12.3. The highest BCUT2D eigenvalue weighted by atomic mass is 19.1. The number of rotatable bonds is 5. The van der Waals surface area contributed by atoms with Crippen molar-refractivity contribution in [1.82, 2.24) is 0 Å². The fourth-order valence-corrected chi connectivity index (χ4v) is 1.13. The summed E-state index contributed by atoms with van der Waals surface area (Å²) >= 11 is 0. The number of benzene rings is 1. The summed E-state index contributed by atoms with van der Waals surface area (Å²) in [5.41, 5.74) is 5.94. The Morgan fingerprint density at radius 1 is 1.50 bits per heavy atom. The van der Waals surface area contributed by atoms with Gasteiger partial charge in [0, 0.05) is 12.2 Å².